The smallest absolute Gasteiger partial charge is 0.119 e. The first-order valence-electron chi connectivity index (χ1n) is 6.34. The summed E-state index contributed by atoms with van der Waals surface area (Å²) in [5.41, 5.74) is 2.36. The Kier molecular flexibility index (Phi) is 4.88. The first kappa shape index (κ1) is 14.4. The van der Waals surface area contributed by atoms with E-state index in [0.717, 1.165) is 15.9 Å². The van der Waals surface area contributed by atoms with E-state index >= 15 is 0 Å². The highest BCUT2D eigenvalue weighted by Gasteiger charge is 2.09. The fourth-order valence-corrected chi connectivity index (χ4v) is 3.37. The molecular weight excluding hydrogens is 322 g/mol. The molecule has 0 aliphatic heterocycles. The minimum Gasteiger partial charge on any atom is -0.494 e. The molecule has 19 heavy (non-hydrogen) atoms. The number of ether oxygens (including phenoxy) is 1. The second-order valence-corrected chi connectivity index (χ2v) is 6.30. The fourth-order valence-electron chi connectivity index (χ4n) is 1.91. The van der Waals surface area contributed by atoms with Crippen molar-refractivity contribution in [2.75, 3.05) is 11.9 Å². The Hall–Kier alpha value is -1.00. The van der Waals surface area contributed by atoms with E-state index in [-0.39, 0.29) is 0 Å². The van der Waals surface area contributed by atoms with Crippen LogP contribution in [0.15, 0.2) is 34.1 Å². The van der Waals surface area contributed by atoms with E-state index in [1.165, 1.54) is 10.4 Å². The highest BCUT2D eigenvalue weighted by atomic mass is 79.9. The van der Waals surface area contributed by atoms with Gasteiger partial charge >= 0.3 is 0 Å². The number of hydrogen-bond acceptors (Lipinski definition) is 3. The van der Waals surface area contributed by atoms with E-state index in [0.29, 0.717) is 12.6 Å². The molecule has 0 spiro atoms. The van der Waals surface area contributed by atoms with E-state index in [4.69, 9.17) is 4.74 Å². The highest BCUT2D eigenvalue weighted by Crippen LogP contribution is 2.30. The molecule has 0 aliphatic rings. The lowest BCUT2D eigenvalue weighted by Crippen LogP contribution is -2.06. The summed E-state index contributed by atoms with van der Waals surface area (Å²) in [5.74, 6) is 0.928. The van der Waals surface area contributed by atoms with E-state index in [1.54, 1.807) is 11.3 Å². The summed E-state index contributed by atoms with van der Waals surface area (Å²) in [5, 5.41) is 5.65. The number of aryl methyl sites for hydroxylation is 1. The first-order chi connectivity index (χ1) is 9.10. The van der Waals surface area contributed by atoms with Gasteiger partial charge in [-0.15, -0.1) is 11.3 Å². The van der Waals surface area contributed by atoms with Crippen molar-refractivity contribution in [2.24, 2.45) is 0 Å². The summed E-state index contributed by atoms with van der Waals surface area (Å²) in [7, 11) is 0. The topological polar surface area (TPSA) is 21.3 Å². The highest BCUT2D eigenvalue weighted by molar-refractivity contribution is 9.10. The van der Waals surface area contributed by atoms with Crippen LogP contribution in [0.3, 0.4) is 0 Å². The summed E-state index contributed by atoms with van der Waals surface area (Å²) >= 11 is 5.25. The van der Waals surface area contributed by atoms with Crippen molar-refractivity contribution in [2.45, 2.75) is 26.8 Å². The molecule has 0 saturated carbocycles. The monoisotopic (exact) mass is 339 g/mol. The van der Waals surface area contributed by atoms with Crippen LogP contribution in [0.4, 0.5) is 5.69 Å². The summed E-state index contributed by atoms with van der Waals surface area (Å²) in [4.78, 5) is 1.32. The zero-order valence-electron chi connectivity index (χ0n) is 11.4. The van der Waals surface area contributed by atoms with Gasteiger partial charge in [0.2, 0.25) is 0 Å². The van der Waals surface area contributed by atoms with Crippen molar-refractivity contribution in [3.63, 3.8) is 0 Å². The lowest BCUT2D eigenvalue weighted by molar-refractivity contribution is 0.340. The molecule has 1 heterocycles. The van der Waals surface area contributed by atoms with Gasteiger partial charge in [0, 0.05) is 20.4 Å². The van der Waals surface area contributed by atoms with Crippen LogP contribution in [0.25, 0.3) is 0 Å². The maximum absolute atomic E-state index is 5.50. The molecule has 1 aromatic carbocycles. The zero-order chi connectivity index (χ0) is 13.8. The molecule has 2 aromatic rings. The third-order valence-corrected chi connectivity index (χ3v) is 4.77. The lowest BCUT2D eigenvalue weighted by atomic mass is 10.1. The van der Waals surface area contributed by atoms with Gasteiger partial charge in [0.15, 0.2) is 0 Å². The molecule has 0 saturated heterocycles. The van der Waals surface area contributed by atoms with Crippen molar-refractivity contribution in [1.82, 2.24) is 0 Å². The van der Waals surface area contributed by atoms with Crippen LogP contribution >= 0.6 is 27.3 Å². The summed E-state index contributed by atoms with van der Waals surface area (Å²) in [6.45, 7) is 6.97. The average molecular weight is 340 g/mol. The van der Waals surface area contributed by atoms with E-state index in [9.17, 15) is 0 Å². The number of hydrogen-bond donors (Lipinski definition) is 1. The van der Waals surface area contributed by atoms with Crippen molar-refractivity contribution >= 4 is 33.0 Å². The molecule has 0 fully saturated rings. The number of benzene rings is 1. The zero-order valence-corrected chi connectivity index (χ0v) is 13.8. The van der Waals surface area contributed by atoms with Crippen LogP contribution in [0.1, 0.15) is 30.3 Å². The molecular formula is C15H18BrNOS. The lowest BCUT2D eigenvalue weighted by Gasteiger charge is -2.16. The third kappa shape index (κ3) is 3.74. The minimum atomic E-state index is 0.299. The molecule has 0 radical (unpaired) electrons. The average Bonchev–Trinajstić information content (AvgIpc) is 2.80. The van der Waals surface area contributed by atoms with Crippen molar-refractivity contribution in [3.8, 4) is 5.75 Å². The van der Waals surface area contributed by atoms with Crippen molar-refractivity contribution in [3.05, 3.63) is 44.6 Å². The first-order valence-corrected chi connectivity index (χ1v) is 8.01. The number of halogens is 1. The Morgan fingerprint density at radius 2 is 2.16 bits per heavy atom. The van der Waals surface area contributed by atoms with Crippen LogP contribution in [0.5, 0.6) is 5.75 Å². The Morgan fingerprint density at radius 1 is 1.37 bits per heavy atom. The van der Waals surface area contributed by atoms with Gasteiger partial charge in [-0.05, 0) is 66.5 Å². The molecule has 0 aliphatic carbocycles. The molecule has 2 nitrogen and oxygen atoms in total. The molecule has 1 N–H and O–H groups in total. The van der Waals surface area contributed by atoms with E-state index in [1.807, 2.05) is 13.0 Å². The normalized spacial score (nSPS) is 12.2. The van der Waals surface area contributed by atoms with Crippen LogP contribution < -0.4 is 10.1 Å². The molecule has 4 heteroatoms. The SMILES string of the molecule is CCOc1ccc(NC(C)c2cc(Br)cs2)c(C)c1. The number of anilines is 1. The molecule has 102 valence electrons. The van der Waals surface area contributed by atoms with Gasteiger partial charge in [-0.3, -0.25) is 0 Å². The fraction of sp³-hybridized carbons (Fsp3) is 0.333. The quantitative estimate of drug-likeness (QED) is 0.788. The van der Waals surface area contributed by atoms with Crippen LogP contribution in [0, 0.1) is 6.92 Å². The molecule has 1 atom stereocenters. The predicted octanol–water partition coefficient (Wildman–Crippen LogP) is 5.39. The Morgan fingerprint density at radius 3 is 2.74 bits per heavy atom. The minimum absolute atomic E-state index is 0.299. The number of nitrogens with one attached hydrogen (secondary N) is 1. The van der Waals surface area contributed by atoms with E-state index in [2.05, 4.69) is 58.7 Å². The second kappa shape index (κ2) is 6.44. The van der Waals surface area contributed by atoms with Crippen molar-refractivity contribution in [1.29, 1.82) is 0 Å². The molecule has 2 rings (SSSR count). The van der Waals surface area contributed by atoms with Gasteiger partial charge in [-0.25, -0.2) is 0 Å². The molecule has 0 amide bonds. The Balaban J connectivity index is 2.10. The van der Waals surface area contributed by atoms with Gasteiger partial charge in [0.05, 0.1) is 12.6 Å². The van der Waals surface area contributed by atoms with Crippen molar-refractivity contribution < 1.29 is 4.74 Å². The molecule has 1 aromatic heterocycles. The maximum Gasteiger partial charge on any atom is 0.119 e. The van der Waals surface area contributed by atoms with E-state index < -0.39 is 0 Å². The van der Waals surface area contributed by atoms with Gasteiger partial charge < -0.3 is 10.1 Å². The van der Waals surface area contributed by atoms with Gasteiger partial charge in [-0.1, -0.05) is 0 Å². The van der Waals surface area contributed by atoms with Gasteiger partial charge in [0.25, 0.3) is 0 Å². The molecule has 1 unspecified atom stereocenters. The second-order valence-electron chi connectivity index (χ2n) is 4.44. The number of rotatable bonds is 5. The van der Waals surface area contributed by atoms with Gasteiger partial charge in [-0.2, -0.15) is 0 Å². The Labute approximate surface area is 126 Å². The predicted molar refractivity (Wildman–Crippen MR) is 86.4 cm³/mol. The van der Waals surface area contributed by atoms with Gasteiger partial charge in [0.1, 0.15) is 5.75 Å². The summed E-state index contributed by atoms with van der Waals surface area (Å²) in [6, 6.07) is 8.62. The van der Waals surface area contributed by atoms with Crippen LogP contribution in [-0.4, -0.2) is 6.61 Å². The number of thiophene rings is 1. The molecule has 0 bridgehead atoms. The third-order valence-electron chi connectivity index (χ3n) is 2.90. The van der Waals surface area contributed by atoms with Crippen LogP contribution in [0.2, 0.25) is 0 Å². The van der Waals surface area contributed by atoms with Crippen LogP contribution in [-0.2, 0) is 0 Å². The summed E-state index contributed by atoms with van der Waals surface area (Å²) < 4.78 is 6.65. The maximum atomic E-state index is 5.50. The Bertz CT molecular complexity index is 553. The summed E-state index contributed by atoms with van der Waals surface area (Å²) in [6.07, 6.45) is 0. The largest absolute Gasteiger partial charge is 0.494 e. The standard InChI is InChI=1S/C15H18BrNOS/c1-4-18-13-5-6-14(10(2)7-13)17-11(3)15-8-12(16)9-19-15/h5-9,11,17H,4H2,1-3H3.